The van der Waals surface area contributed by atoms with Gasteiger partial charge >= 0.3 is 0 Å². The third-order valence-corrected chi connectivity index (χ3v) is 5.48. The highest BCUT2D eigenvalue weighted by Gasteiger charge is 2.14. The molecule has 0 atom stereocenters. The van der Waals surface area contributed by atoms with Crippen LogP contribution in [0.3, 0.4) is 0 Å². The van der Waals surface area contributed by atoms with E-state index in [0.717, 1.165) is 26.1 Å². The number of aromatic nitrogens is 1. The highest BCUT2D eigenvalue weighted by molar-refractivity contribution is 14.1. The van der Waals surface area contributed by atoms with E-state index in [0.29, 0.717) is 10.6 Å². The molecule has 0 bridgehead atoms. The number of rotatable bonds is 4. The number of halogens is 1. The molecule has 1 amide bonds. The first-order chi connectivity index (χ1) is 10.9. The number of anilines is 1. The number of aryl methyl sites for hydroxylation is 1. The molecule has 0 aliphatic heterocycles. The number of thioether (sulfide) groups is 1. The third kappa shape index (κ3) is 4.24. The first-order valence-corrected chi connectivity index (χ1v) is 9.05. The van der Waals surface area contributed by atoms with E-state index < -0.39 is 0 Å². The van der Waals surface area contributed by atoms with Crippen molar-refractivity contribution in [2.75, 3.05) is 11.1 Å². The second-order valence-electron chi connectivity index (χ2n) is 5.06. The molecule has 0 fully saturated rings. The predicted molar refractivity (Wildman–Crippen MR) is 102 cm³/mol. The maximum atomic E-state index is 12.1. The SMILES string of the molecule is Cc1nc(SCC(=O)Nc2ccccc2I)c(C#N)c(C)c1C. The minimum atomic E-state index is -0.110. The summed E-state index contributed by atoms with van der Waals surface area (Å²) in [6.45, 7) is 5.79. The van der Waals surface area contributed by atoms with Crippen LogP contribution in [0.1, 0.15) is 22.4 Å². The summed E-state index contributed by atoms with van der Waals surface area (Å²) >= 11 is 3.47. The first kappa shape index (κ1) is 17.8. The van der Waals surface area contributed by atoms with Crippen molar-refractivity contribution in [3.05, 3.63) is 50.2 Å². The third-order valence-electron chi connectivity index (χ3n) is 3.56. The molecule has 0 spiro atoms. The summed E-state index contributed by atoms with van der Waals surface area (Å²) in [7, 11) is 0. The quantitative estimate of drug-likeness (QED) is 0.575. The van der Waals surface area contributed by atoms with Crippen LogP contribution < -0.4 is 5.32 Å². The molecule has 0 saturated carbocycles. The number of para-hydroxylation sites is 1. The fourth-order valence-corrected chi connectivity index (χ4v) is 3.44. The molecule has 0 aliphatic carbocycles. The van der Waals surface area contributed by atoms with Crippen molar-refractivity contribution in [1.82, 2.24) is 4.98 Å². The van der Waals surface area contributed by atoms with Crippen LogP contribution in [0.5, 0.6) is 0 Å². The lowest BCUT2D eigenvalue weighted by Gasteiger charge is -2.11. The molecule has 0 aliphatic rings. The number of pyridine rings is 1. The Morgan fingerprint density at radius 2 is 2.00 bits per heavy atom. The molecular formula is C17H16IN3OS. The van der Waals surface area contributed by atoms with Gasteiger partial charge in [0.25, 0.3) is 0 Å². The van der Waals surface area contributed by atoms with Crippen LogP contribution in [-0.2, 0) is 4.79 Å². The molecule has 1 heterocycles. The molecule has 1 N–H and O–H groups in total. The van der Waals surface area contributed by atoms with Crippen molar-refractivity contribution in [3.8, 4) is 6.07 Å². The largest absolute Gasteiger partial charge is 0.324 e. The molecule has 23 heavy (non-hydrogen) atoms. The number of benzene rings is 1. The molecule has 0 radical (unpaired) electrons. The van der Waals surface area contributed by atoms with Crippen molar-refractivity contribution in [2.45, 2.75) is 25.8 Å². The lowest BCUT2D eigenvalue weighted by atomic mass is 10.1. The maximum absolute atomic E-state index is 12.1. The molecule has 6 heteroatoms. The van der Waals surface area contributed by atoms with Crippen LogP contribution in [0.2, 0.25) is 0 Å². The van der Waals surface area contributed by atoms with Crippen molar-refractivity contribution < 1.29 is 4.79 Å². The standard InChI is InChI=1S/C17H16IN3OS/c1-10-11(2)13(8-19)17(20-12(10)3)23-9-16(22)21-15-7-5-4-6-14(15)18/h4-7H,9H2,1-3H3,(H,21,22). The molecule has 1 aromatic carbocycles. The summed E-state index contributed by atoms with van der Waals surface area (Å²) in [5, 5.41) is 12.8. The minimum absolute atomic E-state index is 0.110. The Hall–Kier alpha value is -1.59. The van der Waals surface area contributed by atoms with Gasteiger partial charge in [-0.1, -0.05) is 23.9 Å². The lowest BCUT2D eigenvalue weighted by molar-refractivity contribution is -0.113. The Bertz CT molecular complexity index is 799. The van der Waals surface area contributed by atoms with Crippen LogP contribution in [0.4, 0.5) is 5.69 Å². The number of amides is 1. The van der Waals surface area contributed by atoms with Gasteiger partial charge in [-0.15, -0.1) is 0 Å². The van der Waals surface area contributed by atoms with Gasteiger partial charge < -0.3 is 5.32 Å². The minimum Gasteiger partial charge on any atom is -0.324 e. The van der Waals surface area contributed by atoms with E-state index in [9.17, 15) is 10.1 Å². The normalized spacial score (nSPS) is 10.2. The van der Waals surface area contributed by atoms with E-state index in [1.807, 2.05) is 45.0 Å². The van der Waals surface area contributed by atoms with Crippen molar-refractivity contribution in [2.24, 2.45) is 0 Å². The van der Waals surface area contributed by atoms with Gasteiger partial charge in [-0.2, -0.15) is 5.26 Å². The summed E-state index contributed by atoms with van der Waals surface area (Å²) in [6, 6.07) is 9.80. The Labute approximate surface area is 153 Å². The average molecular weight is 437 g/mol. The van der Waals surface area contributed by atoms with Crippen LogP contribution in [0, 0.1) is 35.7 Å². The molecule has 4 nitrogen and oxygen atoms in total. The maximum Gasteiger partial charge on any atom is 0.234 e. The summed E-state index contributed by atoms with van der Waals surface area (Å²) < 4.78 is 0.987. The molecule has 2 rings (SSSR count). The van der Waals surface area contributed by atoms with Crippen LogP contribution in [0.15, 0.2) is 29.3 Å². The zero-order valence-corrected chi connectivity index (χ0v) is 16.1. The molecule has 118 valence electrons. The van der Waals surface area contributed by atoms with E-state index in [2.05, 4.69) is 39.0 Å². The van der Waals surface area contributed by atoms with E-state index in [1.54, 1.807) is 0 Å². The number of nitrogens with one attached hydrogen (secondary N) is 1. The molecule has 1 aromatic heterocycles. The number of hydrogen-bond acceptors (Lipinski definition) is 4. The highest BCUT2D eigenvalue weighted by atomic mass is 127. The smallest absolute Gasteiger partial charge is 0.234 e. The van der Waals surface area contributed by atoms with Gasteiger partial charge in [0.1, 0.15) is 11.1 Å². The Morgan fingerprint density at radius 1 is 1.30 bits per heavy atom. The van der Waals surface area contributed by atoms with Gasteiger partial charge in [0, 0.05) is 9.26 Å². The number of carbonyl (C=O) groups excluding carboxylic acids is 1. The second-order valence-corrected chi connectivity index (χ2v) is 7.18. The lowest BCUT2D eigenvalue weighted by Crippen LogP contribution is -2.15. The van der Waals surface area contributed by atoms with E-state index >= 15 is 0 Å². The van der Waals surface area contributed by atoms with Crippen molar-refractivity contribution in [3.63, 3.8) is 0 Å². The van der Waals surface area contributed by atoms with Gasteiger partial charge in [-0.25, -0.2) is 4.98 Å². The molecule has 0 unspecified atom stereocenters. The molecular weight excluding hydrogens is 421 g/mol. The monoisotopic (exact) mass is 437 g/mol. The van der Waals surface area contributed by atoms with Crippen LogP contribution in [-0.4, -0.2) is 16.6 Å². The number of hydrogen-bond donors (Lipinski definition) is 1. The zero-order valence-electron chi connectivity index (χ0n) is 13.1. The summed E-state index contributed by atoms with van der Waals surface area (Å²) in [5.74, 6) is 0.106. The summed E-state index contributed by atoms with van der Waals surface area (Å²) in [5.41, 5.74) is 4.19. The van der Waals surface area contributed by atoms with E-state index in [4.69, 9.17) is 0 Å². The van der Waals surface area contributed by atoms with E-state index in [1.165, 1.54) is 11.8 Å². The molecule has 2 aromatic rings. The fraction of sp³-hybridized carbons (Fsp3) is 0.235. The van der Waals surface area contributed by atoms with Gasteiger partial charge in [-0.3, -0.25) is 4.79 Å². The Balaban J connectivity index is 2.11. The second kappa shape index (κ2) is 7.79. The number of nitrogens with zero attached hydrogens (tertiary/aromatic N) is 2. The van der Waals surface area contributed by atoms with Gasteiger partial charge in [0.15, 0.2) is 0 Å². The number of nitriles is 1. The van der Waals surface area contributed by atoms with Gasteiger partial charge in [0.2, 0.25) is 5.91 Å². The first-order valence-electron chi connectivity index (χ1n) is 6.99. The predicted octanol–water partition coefficient (Wildman–Crippen LogP) is 4.21. The Kier molecular flexibility index (Phi) is 6.02. The van der Waals surface area contributed by atoms with E-state index in [-0.39, 0.29) is 11.7 Å². The van der Waals surface area contributed by atoms with Gasteiger partial charge in [-0.05, 0) is 66.6 Å². The van der Waals surface area contributed by atoms with Crippen molar-refractivity contribution in [1.29, 1.82) is 5.26 Å². The molecule has 0 saturated heterocycles. The fourth-order valence-electron chi connectivity index (χ4n) is 2.03. The zero-order chi connectivity index (χ0) is 17.0. The summed E-state index contributed by atoms with van der Waals surface area (Å²) in [4.78, 5) is 16.6. The number of carbonyl (C=O) groups is 1. The average Bonchev–Trinajstić information content (AvgIpc) is 2.53. The van der Waals surface area contributed by atoms with Crippen LogP contribution in [0.25, 0.3) is 0 Å². The Morgan fingerprint density at radius 3 is 2.65 bits per heavy atom. The van der Waals surface area contributed by atoms with Crippen molar-refractivity contribution >= 4 is 45.9 Å². The highest BCUT2D eigenvalue weighted by Crippen LogP contribution is 2.26. The summed E-state index contributed by atoms with van der Waals surface area (Å²) in [6.07, 6.45) is 0. The topological polar surface area (TPSA) is 65.8 Å². The van der Waals surface area contributed by atoms with Crippen LogP contribution >= 0.6 is 34.4 Å². The van der Waals surface area contributed by atoms with Gasteiger partial charge in [0.05, 0.1) is 17.0 Å².